The lowest BCUT2D eigenvalue weighted by Gasteiger charge is -2.34. The zero-order valence-corrected chi connectivity index (χ0v) is 17.7. The van der Waals surface area contributed by atoms with Gasteiger partial charge in [0.1, 0.15) is 5.82 Å². The molecule has 5 nitrogen and oxygen atoms in total. The molecule has 2 amide bonds. The molecule has 0 saturated carbocycles. The van der Waals surface area contributed by atoms with Gasteiger partial charge >= 0.3 is 0 Å². The van der Waals surface area contributed by atoms with E-state index in [9.17, 15) is 9.59 Å². The van der Waals surface area contributed by atoms with Gasteiger partial charge in [0, 0.05) is 25.2 Å². The third kappa shape index (κ3) is 4.82. The van der Waals surface area contributed by atoms with Gasteiger partial charge in [-0.3, -0.25) is 9.59 Å². The van der Waals surface area contributed by atoms with Crippen molar-refractivity contribution in [3.05, 3.63) is 95.7 Å². The zero-order valence-electron chi connectivity index (χ0n) is 17.7. The summed E-state index contributed by atoms with van der Waals surface area (Å²) in [7, 11) is 0. The third-order valence-corrected chi connectivity index (χ3v) is 5.94. The number of aryl methyl sites for hydroxylation is 1. The van der Waals surface area contributed by atoms with E-state index in [1.165, 1.54) is 0 Å². The minimum Gasteiger partial charge on any atom is -0.342 e. The number of hydrogen-bond donors (Lipinski definition) is 1. The quantitative estimate of drug-likeness (QED) is 0.674. The Hall–Kier alpha value is -3.47. The van der Waals surface area contributed by atoms with Crippen molar-refractivity contribution < 1.29 is 9.59 Å². The molecule has 1 fully saturated rings. The molecule has 0 unspecified atom stereocenters. The van der Waals surface area contributed by atoms with Crippen molar-refractivity contribution in [3.63, 3.8) is 0 Å². The Kier molecular flexibility index (Phi) is 6.41. The van der Waals surface area contributed by atoms with E-state index in [4.69, 9.17) is 0 Å². The standard InChI is InChI=1S/C26H27N3O2/c1-19-9-8-16-27-24(19)28-25(30)22-14-17-29(18-15-22)26(31)23(20-10-4-2-5-11-20)21-12-6-3-7-13-21/h2-13,16,22-23H,14-15,17-18H2,1H3,(H,27,28,30). The fourth-order valence-electron chi connectivity index (χ4n) is 4.15. The molecule has 158 valence electrons. The summed E-state index contributed by atoms with van der Waals surface area (Å²) in [6.45, 7) is 3.08. The van der Waals surface area contributed by atoms with Crippen molar-refractivity contribution in [1.29, 1.82) is 0 Å². The lowest BCUT2D eigenvalue weighted by atomic mass is 9.88. The second-order valence-corrected chi connectivity index (χ2v) is 8.01. The van der Waals surface area contributed by atoms with Gasteiger partial charge < -0.3 is 10.2 Å². The number of likely N-dealkylation sites (tertiary alicyclic amines) is 1. The number of carbonyl (C=O) groups is 2. The molecule has 5 heteroatoms. The smallest absolute Gasteiger partial charge is 0.234 e. The summed E-state index contributed by atoms with van der Waals surface area (Å²) in [6, 6.07) is 23.6. The number of nitrogens with zero attached hydrogens (tertiary/aromatic N) is 2. The number of rotatable bonds is 5. The molecular weight excluding hydrogens is 386 g/mol. The Balaban J connectivity index is 1.44. The molecular formula is C26H27N3O2. The molecule has 1 aromatic heterocycles. The van der Waals surface area contributed by atoms with E-state index in [0.717, 1.165) is 16.7 Å². The van der Waals surface area contributed by atoms with E-state index in [1.807, 2.05) is 84.6 Å². The van der Waals surface area contributed by atoms with E-state index in [2.05, 4.69) is 10.3 Å². The van der Waals surface area contributed by atoms with Crippen LogP contribution in [0.15, 0.2) is 79.0 Å². The first-order valence-electron chi connectivity index (χ1n) is 10.7. The first-order valence-corrected chi connectivity index (χ1v) is 10.7. The highest BCUT2D eigenvalue weighted by Crippen LogP contribution is 2.29. The SMILES string of the molecule is Cc1cccnc1NC(=O)C1CCN(C(=O)C(c2ccccc2)c2ccccc2)CC1. The average Bonchev–Trinajstić information content (AvgIpc) is 2.82. The normalized spacial score (nSPS) is 14.5. The van der Waals surface area contributed by atoms with Crippen LogP contribution >= 0.6 is 0 Å². The predicted molar refractivity (Wildman–Crippen MR) is 122 cm³/mol. The topological polar surface area (TPSA) is 62.3 Å². The van der Waals surface area contributed by atoms with Crippen LogP contribution in [0.5, 0.6) is 0 Å². The van der Waals surface area contributed by atoms with Crippen molar-refractivity contribution in [1.82, 2.24) is 9.88 Å². The summed E-state index contributed by atoms with van der Waals surface area (Å²) in [4.78, 5) is 32.4. The summed E-state index contributed by atoms with van der Waals surface area (Å²) in [6.07, 6.45) is 2.98. The van der Waals surface area contributed by atoms with Crippen molar-refractivity contribution in [2.24, 2.45) is 5.92 Å². The molecule has 0 bridgehead atoms. The van der Waals surface area contributed by atoms with Crippen LogP contribution in [0.3, 0.4) is 0 Å². The van der Waals surface area contributed by atoms with Crippen LogP contribution < -0.4 is 5.32 Å². The summed E-state index contributed by atoms with van der Waals surface area (Å²) in [5.41, 5.74) is 2.92. The Morgan fingerprint density at radius 1 is 0.903 bits per heavy atom. The van der Waals surface area contributed by atoms with Gasteiger partial charge in [0.2, 0.25) is 11.8 Å². The molecule has 1 saturated heterocycles. The predicted octanol–water partition coefficient (Wildman–Crippen LogP) is 4.40. The fraction of sp³-hybridized carbons (Fsp3) is 0.269. The van der Waals surface area contributed by atoms with E-state index in [0.29, 0.717) is 31.7 Å². The molecule has 1 aliphatic rings. The highest BCUT2D eigenvalue weighted by Gasteiger charge is 2.32. The maximum atomic E-state index is 13.5. The second-order valence-electron chi connectivity index (χ2n) is 8.01. The molecule has 3 aromatic rings. The largest absolute Gasteiger partial charge is 0.342 e. The molecule has 0 aliphatic carbocycles. The van der Waals surface area contributed by atoms with Gasteiger partial charge in [-0.2, -0.15) is 0 Å². The number of hydrogen-bond acceptors (Lipinski definition) is 3. The van der Waals surface area contributed by atoms with Gasteiger partial charge in [-0.1, -0.05) is 66.7 Å². The van der Waals surface area contributed by atoms with Crippen molar-refractivity contribution in [3.8, 4) is 0 Å². The van der Waals surface area contributed by atoms with Crippen LogP contribution in [0.1, 0.15) is 35.4 Å². The van der Waals surface area contributed by atoms with Gasteiger partial charge in [-0.05, 0) is 42.5 Å². The van der Waals surface area contributed by atoms with Crippen molar-refractivity contribution >= 4 is 17.6 Å². The first kappa shape index (κ1) is 20.8. The number of piperidine rings is 1. The van der Waals surface area contributed by atoms with Crippen molar-refractivity contribution in [2.45, 2.75) is 25.7 Å². The van der Waals surface area contributed by atoms with Gasteiger partial charge in [-0.25, -0.2) is 4.98 Å². The number of nitrogens with one attached hydrogen (secondary N) is 1. The lowest BCUT2D eigenvalue weighted by molar-refractivity contribution is -0.135. The second kappa shape index (κ2) is 9.56. The number of pyridine rings is 1. The van der Waals surface area contributed by atoms with Gasteiger partial charge in [0.05, 0.1) is 5.92 Å². The summed E-state index contributed by atoms with van der Waals surface area (Å²) < 4.78 is 0. The highest BCUT2D eigenvalue weighted by atomic mass is 16.2. The number of amides is 2. The number of carbonyl (C=O) groups excluding carboxylic acids is 2. The summed E-state index contributed by atoms with van der Waals surface area (Å²) in [5, 5.41) is 2.94. The Morgan fingerprint density at radius 3 is 2.03 bits per heavy atom. The monoisotopic (exact) mass is 413 g/mol. The molecule has 2 aromatic carbocycles. The molecule has 31 heavy (non-hydrogen) atoms. The van der Waals surface area contributed by atoms with E-state index < -0.39 is 0 Å². The molecule has 0 radical (unpaired) electrons. The maximum Gasteiger partial charge on any atom is 0.234 e. The van der Waals surface area contributed by atoms with Crippen LogP contribution in [0, 0.1) is 12.8 Å². The summed E-state index contributed by atoms with van der Waals surface area (Å²) in [5.74, 6) is 0.244. The number of aromatic nitrogens is 1. The molecule has 0 spiro atoms. The minimum atomic E-state index is -0.330. The van der Waals surface area contributed by atoms with E-state index in [-0.39, 0.29) is 23.7 Å². The fourth-order valence-corrected chi connectivity index (χ4v) is 4.15. The van der Waals surface area contributed by atoms with Crippen LogP contribution in [-0.4, -0.2) is 34.8 Å². The minimum absolute atomic E-state index is 0.0171. The highest BCUT2D eigenvalue weighted by molar-refractivity contribution is 5.93. The lowest BCUT2D eigenvalue weighted by Crippen LogP contribution is -2.43. The Bertz CT molecular complexity index is 989. The number of benzene rings is 2. The van der Waals surface area contributed by atoms with Crippen LogP contribution in [0.25, 0.3) is 0 Å². The maximum absolute atomic E-state index is 13.5. The van der Waals surface area contributed by atoms with Crippen LogP contribution in [0.2, 0.25) is 0 Å². The van der Waals surface area contributed by atoms with Gasteiger partial charge in [0.25, 0.3) is 0 Å². The molecule has 1 N–H and O–H groups in total. The van der Waals surface area contributed by atoms with Crippen molar-refractivity contribution in [2.75, 3.05) is 18.4 Å². The first-order chi connectivity index (χ1) is 15.1. The number of anilines is 1. The summed E-state index contributed by atoms with van der Waals surface area (Å²) >= 11 is 0. The Morgan fingerprint density at radius 2 is 1.48 bits per heavy atom. The van der Waals surface area contributed by atoms with Crippen LogP contribution in [0.4, 0.5) is 5.82 Å². The van der Waals surface area contributed by atoms with E-state index >= 15 is 0 Å². The Labute approximate surface area is 183 Å². The van der Waals surface area contributed by atoms with Crippen LogP contribution in [-0.2, 0) is 9.59 Å². The van der Waals surface area contributed by atoms with Gasteiger partial charge in [0.15, 0.2) is 0 Å². The molecule has 1 aliphatic heterocycles. The average molecular weight is 414 g/mol. The van der Waals surface area contributed by atoms with E-state index in [1.54, 1.807) is 6.20 Å². The third-order valence-electron chi connectivity index (χ3n) is 5.94. The zero-order chi connectivity index (χ0) is 21.6. The molecule has 0 atom stereocenters. The molecule has 4 rings (SSSR count). The molecule has 2 heterocycles. The van der Waals surface area contributed by atoms with Gasteiger partial charge in [-0.15, -0.1) is 0 Å².